The van der Waals surface area contributed by atoms with Crippen LogP contribution in [-0.2, 0) is 4.79 Å². The van der Waals surface area contributed by atoms with Gasteiger partial charge in [-0.3, -0.25) is 4.79 Å². The molecule has 130 valence electrons. The number of hydrogen-bond donors (Lipinski definition) is 2. The van der Waals surface area contributed by atoms with Crippen molar-refractivity contribution in [1.82, 2.24) is 0 Å². The second-order valence-corrected chi connectivity index (χ2v) is 6.53. The summed E-state index contributed by atoms with van der Waals surface area (Å²) in [4.78, 5) is 26.1. The zero-order valence-electron chi connectivity index (χ0n) is 14.0. The molecule has 0 unspecified atom stereocenters. The number of aryl methyl sites for hydroxylation is 1. The molecule has 6 heteroatoms. The number of carbonyl (C=O) groups excluding carboxylic acids is 2. The third-order valence-electron chi connectivity index (χ3n) is 4.18. The number of benzene rings is 2. The van der Waals surface area contributed by atoms with E-state index in [4.69, 9.17) is 11.6 Å². The number of nitrogens with zero attached hydrogens (tertiary/aromatic N) is 1. The predicted octanol–water partition coefficient (Wildman–Crippen LogP) is 4.81. The minimum Gasteiger partial charge on any atom is -0.312 e. The van der Waals surface area contributed by atoms with Gasteiger partial charge in [-0.05, 0) is 61.7 Å². The molecule has 2 aromatic rings. The molecule has 1 heterocycles. The van der Waals surface area contributed by atoms with Crippen molar-refractivity contribution < 1.29 is 9.59 Å². The predicted molar refractivity (Wildman–Crippen MR) is 101 cm³/mol. The molecule has 1 aliphatic rings. The largest absolute Gasteiger partial charge is 0.323 e. The maximum atomic E-state index is 12.2. The van der Waals surface area contributed by atoms with Gasteiger partial charge >= 0.3 is 6.03 Å². The van der Waals surface area contributed by atoms with E-state index in [-0.39, 0.29) is 11.9 Å². The number of anilines is 3. The first-order valence-corrected chi connectivity index (χ1v) is 8.65. The van der Waals surface area contributed by atoms with Crippen molar-refractivity contribution in [2.75, 3.05) is 22.1 Å². The summed E-state index contributed by atoms with van der Waals surface area (Å²) in [5, 5.41) is 6.17. The molecule has 2 aromatic carbocycles. The zero-order chi connectivity index (χ0) is 17.8. The van der Waals surface area contributed by atoms with Crippen molar-refractivity contribution >= 4 is 40.6 Å². The van der Waals surface area contributed by atoms with Crippen LogP contribution in [0.2, 0.25) is 5.02 Å². The Morgan fingerprint density at radius 3 is 2.44 bits per heavy atom. The lowest BCUT2D eigenvalue weighted by Gasteiger charge is -2.28. The van der Waals surface area contributed by atoms with Gasteiger partial charge in [-0.15, -0.1) is 0 Å². The second kappa shape index (κ2) is 7.57. The van der Waals surface area contributed by atoms with E-state index in [0.717, 1.165) is 30.6 Å². The molecule has 25 heavy (non-hydrogen) atoms. The Bertz CT molecular complexity index is 790. The highest BCUT2D eigenvalue weighted by molar-refractivity contribution is 6.30. The molecule has 0 saturated carbocycles. The quantitative estimate of drug-likeness (QED) is 0.828. The highest BCUT2D eigenvalue weighted by Crippen LogP contribution is 2.28. The van der Waals surface area contributed by atoms with E-state index in [2.05, 4.69) is 10.6 Å². The van der Waals surface area contributed by atoms with Crippen LogP contribution in [0.5, 0.6) is 0 Å². The van der Waals surface area contributed by atoms with E-state index in [9.17, 15) is 9.59 Å². The smallest absolute Gasteiger partial charge is 0.312 e. The summed E-state index contributed by atoms with van der Waals surface area (Å²) in [6.45, 7) is 2.69. The van der Waals surface area contributed by atoms with Crippen LogP contribution in [0, 0.1) is 6.92 Å². The molecule has 3 rings (SSSR count). The minimum atomic E-state index is -0.345. The summed E-state index contributed by atoms with van der Waals surface area (Å²) >= 11 is 5.84. The third-order valence-corrected chi connectivity index (χ3v) is 4.44. The third kappa shape index (κ3) is 4.31. The topological polar surface area (TPSA) is 61.4 Å². The molecule has 5 nitrogen and oxygen atoms in total. The number of urea groups is 1. The number of nitrogens with one attached hydrogen (secondary N) is 2. The lowest BCUT2D eigenvalue weighted by Crippen LogP contribution is -2.35. The zero-order valence-corrected chi connectivity index (χ0v) is 14.8. The molecule has 0 aromatic heterocycles. The summed E-state index contributed by atoms with van der Waals surface area (Å²) in [6.07, 6.45) is 2.52. The van der Waals surface area contributed by atoms with Crippen molar-refractivity contribution in [1.29, 1.82) is 0 Å². The number of piperidine rings is 1. The van der Waals surface area contributed by atoms with Crippen molar-refractivity contribution in [3.8, 4) is 0 Å². The molecule has 1 saturated heterocycles. The van der Waals surface area contributed by atoms with Crippen LogP contribution >= 0.6 is 11.6 Å². The number of carbonyl (C=O) groups is 2. The number of rotatable bonds is 3. The van der Waals surface area contributed by atoms with Gasteiger partial charge in [0.1, 0.15) is 0 Å². The average molecular weight is 358 g/mol. The molecule has 1 fully saturated rings. The molecule has 0 spiro atoms. The molecular formula is C19H20ClN3O2. The Morgan fingerprint density at radius 2 is 1.72 bits per heavy atom. The van der Waals surface area contributed by atoms with Crippen LogP contribution in [0.25, 0.3) is 0 Å². The Balaban J connectivity index is 1.72. The lowest BCUT2D eigenvalue weighted by molar-refractivity contribution is -0.119. The monoisotopic (exact) mass is 357 g/mol. The van der Waals surface area contributed by atoms with Gasteiger partial charge < -0.3 is 15.5 Å². The standard InChI is InChI=1S/C19H20ClN3O2/c1-13-5-8-16(12-17(13)23-11-3-2-4-18(23)24)22-19(25)21-15-9-6-14(20)7-10-15/h5-10,12H,2-4,11H2,1H3,(H2,21,22,25). The van der Waals surface area contributed by atoms with Crippen molar-refractivity contribution in [3.63, 3.8) is 0 Å². The molecule has 0 radical (unpaired) electrons. The van der Waals surface area contributed by atoms with Crippen molar-refractivity contribution in [2.45, 2.75) is 26.2 Å². The number of hydrogen-bond acceptors (Lipinski definition) is 2. The normalized spacial score (nSPS) is 14.3. The van der Waals surface area contributed by atoms with Gasteiger partial charge in [-0.2, -0.15) is 0 Å². The minimum absolute atomic E-state index is 0.136. The Labute approximate surface area is 152 Å². The van der Waals surface area contributed by atoms with E-state index in [1.54, 1.807) is 29.2 Å². The highest BCUT2D eigenvalue weighted by Gasteiger charge is 2.21. The number of halogens is 1. The molecular weight excluding hydrogens is 338 g/mol. The lowest BCUT2D eigenvalue weighted by atomic mass is 10.1. The van der Waals surface area contributed by atoms with Gasteiger partial charge in [0.2, 0.25) is 5.91 Å². The molecule has 0 atom stereocenters. The SMILES string of the molecule is Cc1ccc(NC(=O)Nc2ccc(Cl)cc2)cc1N1CCCCC1=O. The van der Waals surface area contributed by atoms with Crippen LogP contribution in [0.1, 0.15) is 24.8 Å². The van der Waals surface area contributed by atoms with Crippen LogP contribution in [0.3, 0.4) is 0 Å². The maximum Gasteiger partial charge on any atom is 0.323 e. The first-order valence-electron chi connectivity index (χ1n) is 8.27. The summed E-state index contributed by atoms with van der Waals surface area (Å²) in [5.41, 5.74) is 3.17. The second-order valence-electron chi connectivity index (χ2n) is 6.09. The van der Waals surface area contributed by atoms with Gasteiger partial charge in [0.05, 0.1) is 0 Å². The first-order chi connectivity index (χ1) is 12.0. The first kappa shape index (κ1) is 17.3. The van der Waals surface area contributed by atoms with E-state index in [0.29, 0.717) is 22.8 Å². The van der Waals surface area contributed by atoms with E-state index < -0.39 is 0 Å². The molecule has 2 N–H and O–H groups in total. The summed E-state index contributed by atoms with van der Waals surface area (Å²) in [7, 11) is 0. The summed E-state index contributed by atoms with van der Waals surface area (Å²) < 4.78 is 0. The van der Waals surface area contributed by atoms with Gasteiger partial charge in [0.15, 0.2) is 0 Å². The fourth-order valence-corrected chi connectivity index (χ4v) is 2.99. The Kier molecular flexibility index (Phi) is 5.24. The van der Waals surface area contributed by atoms with Crippen LogP contribution in [0.15, 0.2) is 42.5 Å². The Hall–Kier alpha value is -2.53. The molecule has 0 aliphatic carbocycles. The van der Waals surface area contributed by atoms with Crippen LogP contribution < -0.4 is 15.5 Å². The molecule has 1 aliphatic heterocycles. The van der Waals surface area contributed by atoms with Gasteiger partial charge in [0.25, 0.3) is 0 Å². The summed E-state index contributed by atoms with van der Waals surface area (Å²) in [5.74, 6) is 0.136. The molecule has 3 amide bonds. The Morgan fingerprint density at radius 1 is 1.04 bits per heavy atom. The van der Waals surface area contributed by atoms with Gasteiger partial charge in [-0.25, -0.2) is 4.79 Å². The van der Waals surface area contributed by atoms with Crippen molar-refractivity contribution in [3.05, 3.63) is 53.1 Å². The highest BCUT2D eigenvalue weighted by atomic mass is 35.5. The van der Waals surface area contributed by atoms with Crippen LogP contribution in [-0.4, -0.2) is 18.5 Å². The van der Waals surface area contributed by atoms with Gasteiger partial charge in [0, 0.05) is 35.1 Å². The fraction of sp³-hybridized carbons (Fsp3) is 0.263. The number of amides is 3. The van der Waals surface area contributed by atoms with E-state index in [1.807, 2.05) is 25.1 Å². The fourth-order valence-electron chi connectivity index (χ4n) is 2.87. The summed E-state index contributed by atoms with van der Waals surface area (Å²) in [6, 6.07) is 12.1. The molecule has 0 bridgehead atoms. The van der Waals surface area contributed by atoms with E-state index in [1.165, 1.54) is 0 Å². The van der Waals surface area contributed by atoms with Gasteiger partial charge in [-0.1, -0.05) is 17.7 Å². The maximum absolute atomic E-state index is 12.2. The van der Waals surface area contributed by atoms with E-state index >= 15 is 0 Å². The van der Waals surface area contributed by atoms with Crippen LogP contribution in [0.4, 0.5) is 21.9 Å². The average Bonchev–Trinajstić information content (AvgIpc) is 2.59. The van der Waals surface area contributed by atoms with Crippen molar-refractivity contribution in [2.24, 2.45) is 0 Å².